The molecule has 1 aliphatic heterocycles. The first-order valence-corrected chi connectivity index (χ1v) is 16.6. The molecule has 1 saturated carbocycles. The molecule has 2 fully saturated rings. The Morgan fingerprint density at radius 1 is 1.00 bits per heavy atom. The van der Waals surface area contributed by atoms with Crippen LogP contribution in [0.5, 0.6) is 0 Å². The van der Waals surface area contributed by atoms with Crippen LogP contribution in [-0.4, -0.2) is 69.7 Å². The number of benzene rings is 2. The lowest BCUT2D eigenvalue weighted by molar-refractivity contribution is -0.137. The van der Waals surface area contributed by atoms with Crippen LogP contribution in [0.25, 0.3) is 22.8 Å². The first kappa shape index (κ1) is 32.1. The molecule has 6 rings (SSSR count). The van der Waals surface area contributed by atoms with Crippen LogP contribution in [0.2, 0.25) is 0 Å². The number of carbonyl (C=O) groups is 3. The van der Waals surface area contributed by atoms with Crippen molar-refractivity contribution in [3.63, 3.8) is 0 Å². The number of likely N-dealkylation sites (tertiary alicyclic amines) is 1. The molecule has 0 radical (unpaired) electrons. The van der Waals surface area contributed by atoms with Gasteiger partial charge in [-0.25, -0.2) is 14.5 Å². The number of esters is 1. The summed E-state index contributed by atoms with van der Waals surface area (Å²) in [4.78, 5) is 46.2. The molecule has 10 nitrogen and oxygen atoms in total. The van der Waals surface area contributed by atoms with E-state index in [0.717, 1.165) is 40.8 Å². The summed E-state index contributed by atoms with van der Waals surface area (Å²) in [6.07, 6.45) is 11.6. The number of ether oxygens (including phenoxy) is 1. The van der Waals surface area contributed by atoms with Crippen LogP contribution in [0.3, 0.4) is 0 Å². The normalized spacial score (nSPS) is 17.1. The largest absolute Gasteiger partial charge is 0.463 e. The summed E-state index contributed by atoms with van der Waals surface area (Å²) < 4.78 is 6.88. The first-order valence-electron chi connectivity index (χ1n) is 16.6. The molecule has 4 aromatic rings. The Balaban J connectivity index is 1.24. The van der Waals surface area contributed by atoms with Gasteiger partial charge >= 0.3 is 5.97 Å². The molecule has 2 aliphatic rings. The van der Waals surface area contributed by atoms with Gasteiger partial charge in [-0.2, -0.15) is 5.10 Å². The van der Waals surface area contributed by atoms with Crippen molar-refractivity contribution >= 4 is 40.4 Å². The highest BCUT2D eigenvalue weighted by atomic mass is 16.5. The fourth-order valence-electron chi connectivity index (χ4n) is 6.65. The highest BCUT2D eigenvalue weighted by Gasteiger charge is 2.42. The summed E-state index contributed by atoms with van der Waals surface area (Å²) in [6, 6.07) is 18.7. The SMILES string of the molecule is CCOC(=O)/C=C/c1ccc(NC(=O)C2(NC(=O)c3ccc4c(C5CCCCC5)n(-c5ccccn5)nc4c3)CCN(C)CC2)cc1. The van der Waals surface area contributed by atoms with Crippen LogP contribution in [0, 0.1) is 0 Å². The molecule has 47 heavy (non-hydrogen) atoms. The smallest absolute Gasteiger partial charge is 0.330 e. The summed E-state index contributed by atoms with van der Waals surface area (Å²) >= 11 is 0. The topological polar surface area (TPSA) is 118 Å². The zero-order valence-electron chi connectivity index (χ0n) is 27.1. The predicted octanol–water partition coefficient (Wildman–Crippen LogP) is 5.88. The Morgan fingerprint density at radius 3 is 2.47 bits per heavy atom. The second kappa shape index (κ2) is 14.3. The van der Waals surface area contributed by atoms with E-state index in [9.17, 15) is 14.4 Å². The molecule has 0 atom stereocenters. The summed E-state index contributed by atoms with van der Waals surface area (Å²) in [5.74, 6) is 0.172. The predicted molar refractivity (Wildman–Crippen MR) is 182 cm³/mol. The third-order valence-electron chi connectivity index (χ3n) is 9.33. The van der Waals surface area contributed by atoms with Crippen molar-refractivity contribution in [2.45, 2.75) is 63.3 Å². The molecule has 0 unspecified atom stereocenters. The fraction of sp³-hybridized carbons (Fsp3) is 0.378. The van der Waals surface area contributed by atoms with Crippen LogP contribution in [0.4, 0.5) is 5.69 Å². The lowest BCUT2D eigenvalue weighted by atomic mass is 9.85. The Labute approximate surface area is 275 Å². The van der Waals surface area contributed by atoms with Gasteiger partial charge in [0.15, 0.2) is 5.82 Å². The van der Waals surface area contributed by atoms with E-state index in [1.54, 1.807) is 31.3 Å². The molecule has 2 aromatic carbocycles. The van der Waals surface area contributed by atoms with Gasteiger partial charge in [-0.05, 0) is 87.7 Å². The van der Waals surface area contributed by atoms with Gasteiger partial charge in [0.1, 0.15) is 5.54 Å². The minimum Gasteiger partial charge on any atom is -0.463 e. The van der Waals surface area contributed by atoms with E-state index in [1.807, 2.05) is 60.3 Å². The Kier molecular flexibility index (Phi) is 9.77. The highest BCUT2D eigenvalue weighted by Crippen LogP contribution is 2.38. The number of carbonyl (C=O) groups excluding carboxylic acids is 3. The van der Waals surface area contributed by atoms with E-state index in [4.69, 9.17) is 9.84 Å². The molecule has 2 aromatic heterocycles. The molecule has 0 bridgehead atoms. The van der Waals surface area contributed by atoms with Gasteiger partial charge in [0, 0.05) is 47.9 Å². The highest BCUT2D eigenvalue weighted by molar-refractivity contribution is 6.05. The summed E-state index contributed by atoms with van der Waals surface area (Å²) in [7, 11) is 2.02. The second-order valence-corrected chi connectivity index (χ2v) is 12.6. The van der Waals surface area contributed by atoms with E-state index >= 15 is 0 Å². The zero-order valence-corrected chi connectivity index (χ0v) is 27.1. The van der Waals surface area contributed by atoms with Gasteiger partial charge in [0.05, 0.1) is 17.8 Å². The van der Waals surface area contributed by atoms with Crippen molar-refractivity contribution in [1.29, 1.82) is 0 Å². The van der Waals surface area contributed by atoms with Gasteiger partial charge in [-0.3, -0.25) is 9.59 Å². The van der Waals surface area contributed by atoms with Gasteiger partial charge in [0.2, 0.25) is 5.91 Å². The molecular weight excluding hydrogens is 592 g/mol. The third kappa shape index (κ3) is 7.28. The van der Waals surface area contributed by atoms with Crippen molar-refractivity contribution < 1.29 is 19.1 Å². The third-order valence-corrected chi connectivity index (χ3v) is 9.33. The minimum absolute atomic E-state index is 0.256. The number of pyridine rings is 1. The number of hydrogen-bond acceptors (Lipinski definition) is 7. The van der Waals surface area contributed by atoms with E-state index < -0.39 is 11.5 Å². The van der Waals surface area contributed by atoms with Gasteiger partial charge in [0.25, 0.3) is 5.91 Å². The van der Waals surface area contributed by atoms with Crippen molar-refractivity contribution in [2.75, 3.05) is 32.1 Å². The van der Waals surface area contributed by atoms with Crippen molar-refractivity contribution in [3.05, 3.63) is 89.8 Å². The fourth-order valence-corrected chi connectivity index (χ4v) is 6.65. The van der Waals surface area contributed by atoms with Gasteiger partial charge in [-0.1, -0.05) is 43.5 Å². The lowest BCUT2D eigenvalue weighted by Crippen LogP contribution is -2.61. The maximum absolute atomic E-state index is 13.9. The first-order chi connectivity index (χ1) is 22.8. The zero-order chi connectivity index (χ0) is 32.8. The van der Waals surface area contributed by atoms with Crippen LogP contribution in [0.1, 0.15) is 79.4 Å². The van der Waals surface area contributed by atoms with Crippen LogP contribution >= 0.6 is 0 Å². The average Bonchev–Trinajstić information content (AvgIpc) is 3.49. The van der Waals surface area contributed by atoms with E-state index in [2.05, 4.69) is 20.5 Å². The number of piperidine rings is 1. The lowest BCUT2D eigenvalue weighted by Gasteiger charge is -2.40. The average molecular weight is 635 g/mol. The van der Waals surface area contributed by atoms with Crippen LogP contribution < -0.4 is 10.6 Å². The number of amides is 2. The monoisotopic (exact) mass is 634 g/mol. The van der Waals surface area contributed by atoms with Gasteiger partial charge < -0.3 is 20.3 Å². The second-order valence-electron chi connectivity index (χ2n) is 12.6. The number of nitrogens with one attached hydrogen (secondary N) is 2. The van der Waals surface area contributed by atoms with E-state index in [-0.39, 0.29) is 11.8 Å². The molecular formula is C37H42N6O4. The number of anilines is 1. The summed E-state index contributed by atoms with van der Waals surface area (Å²) in [5, 5.41) is 12.2. The number of aromatic nitrogens is 3. The Bertz CT molecular complexity index is 1750. The minimum atomic E-state index is -1.08. The summed E-state index contributed by atoms with van der Waals surface area (Å²) in [5.41, 5.74) is 2.67. The number of nitrogens with zero attached hydrogens (tertiary/aromatic N) is 4. The van der Waals surface area contributed by atoms with Crippen molar-refractivity contribution in [2.24, 2.45) is 0 Å². The standard InChI is InChI=1S/C37H42N6O4/c1-3-47-33(44)19-14-26-12-16-29(17-13-26)39-36(46)37(20-23-42(2)24-21-37)40-35(45)28-15-18-30-31(25-28)41-43(32-11-7-8-22-38-32)34(30)27-9-5-4-6-10-27/h7-8,11-19,22,25,27H,3-6,9-10,20-21,23-24H2,1-2H3,(H,39,46)(H,40,45)/b19-14+. The van der Waals surface area contributed by atoms with Gasteiger partial charge in [-0.15, -0.1) is 0 Å². The molecule has 3 heterocycles. The Morgan fingerprint density at radius 2 is 1.77 bits per heavy atom. The van der Waals surface area contributed by atoms with E-state index in [1.165, 1.54) is 25.3 Å². The molecule has 2 amide bonds. The molecule has 1 saturated heterocycles. The quantitative estimate of drug-likeness (QED) is 0.174. The Hall–Kier alpha value is -4.83. The summed E-state index contributed by atoms with van der Waals surface area (Å²) in [6.45, 7) is 3.41. The maximum atomic E-state index is 13.9. The maximum Gasteiger partial charge on any atom is 0.330 e. The number of fused-ring (bicyclic) bond motifs is 1. The molecule has 244 valence electrons. The van der Waals surface area contributed by atoms with Crippen LogP contribution in [-0.2, 0) is 14.3 Å². The number of hydrogen-bond donors (Lipinski definition) is 2. The van der Waals surface area contributed by atoms with Crippen LogP contribution in [0.15, 0.2) is 72.9 Å². The molecule has 0 spiro atoms. The van der Waals surface area contributed by atoms with Crippen molar-refractivity contribution in [1.82, 2.24) is 25.0 Å². The number of rotatable bonds is 9. The molecule has 10 heteroatoms. The van der Waals surface area contributed by atoms with Crippen molar-refractivity contribution in [3.8, 4) is 5.82 Å². The van der Waals surface area contributed by atoms with E-state index in [0.29, 0.717) is 49.7 Å². The molecule has 1 aliphatic carbocycles. The molecule has 2 N–H and O–H groups in total.